The van der Waals surface area contributed by atoms with Crippen molar-refractivity contribution in [3.8, 4) is 0 Å². The van der Waals surface area contributed by atoms with Crippen molar-refractivity contribution in [2.24, 2.45) is 0 Å². The molecule has 0 unspecified atom stereocenters. The number of aryl methyl sites for hydroxylation is 1. The molecule has 0 spiro atoms. The molecular weight excluding hydrogens is 382 g/mol. The molecular formula is C23H29N3O4. The van der Waals surface area contributed by atoms with Gasteiger partial charge < -0.3 is 20.7 Å². The Bertz CT molecular complexity index is 822. The summed E-state index contributed by atoms with van der Waals surface area (Å²) < 4.78 is 5.27. The summed E-state index contributed by atoms with van der Waals surface area (Å²) in [7, 11) is 0. The molecule has 2 rings (SSSR count). The Balaban J connectivity index is 1.96. The van der Waals surface area contributed by atoms with Gasteiger partial charge in [-0.25, -0.2) is 0 Å². The molecule has 1 atom stereocenters. The summed E-state index contributed by atoms with van der Waals surface area (Å²) in [6.07, 6.45) is 0.682. The van der Waals surface area contributed by atoms with Crippen LogP contribution < -0.4 is 16.0 Å². The highest BCUT2D eigenvalue weighted by Crippen LogP contribution is 2.14. The Morgan fingerprint density at radius 2 is 1.67 bits per heavy atom. The van der Waals surface area contributed by atoms with Gasteiger partial charge in [0, 0.05) is 25.3 Å². The summed E-state index contributed by atoms with van der Waals surface area (Å²) in [5.74, 6) is -1.11. The molecule has 0 aliphatic heterocycles. The van der Waals surface area contributed by atoms with Crippen LogP contribution in [0.1, 0.15) is 40.9 Å². The minimum atomic E-state index is -0.848. The van der Waals surface area contributed by atoms with E-state index in [1.54, 1.807) is 24.3 Å². The van der Waals surface area contributed by atoms with E-state index in [9.17, 15) is 14.4 Å². The van der Waals surface area contributed by atoms with E-state index in [0.29, 0.717) is 37.3 Å². The molecule has 0 aromatic heterocycles. The highest BCUT2D eigenvalue weighted by molar-refractivity contribution is 5.97. The first kappa shape index (κ1) is 23.1. The van der Waals surface area contributed by atoms with Crippen molar-refractivity contribution in [3.63, 3.8) is 0 Å². The predicted molar refractivity (Wildman–Crippen MR) is 115 cm³/mol. The maximum Gasteiger partial charge on any atom is 0.251 e. The number of amides is 3. The maximum absolute atomic E-state index is 12.7. The van der Waals surface area contributed by atoms with Crippen molar-refractivity contribution in [1.82, 2.24) is 16.0 Å². The second-order valence-corrected chi connectivity index (χ2v) is 6.80. The van der Waals surface area contributed by atoms with E-state index in [-0.39, 0.29) is 18.4 Å². The minimum absolute atomic E-state index is 0.228. The van der Waals surface area contributed by atoms with Gasteiger partial charge in [0.1, 0.15) is 6.04 Å². The first-order valence-electron chi connectivity index (χ1n) is 10.1. The smallest absolute Gasteiger partial charge is 0.251 e. The van der Waals surface area contributed by atoms with Gasteiger partial charge in [-0.1, -0.05) is 48.0 Å². The number of hydrogen-bond acceptors (Lipinski definition) is 4. The third kappa shape index (κ3) is 7.67. The summed E-state index contributed by atoms with van der Waals surface area (Å²) in [5, 5.41) is 8.12. The Morgan fingerprint density at radius 1 is 0.967 bits per heavy atom. The molecule has 3 amide bonds. The standard InChI is InChI=1S/C23H29N3O4/c1-3-30-15-7-14-24-23(29)21(18-12-10-17(2)11-13-18)26-20(27)16-25-22(28)19-8-5-4-6-9-19/h4-6,8-13,21H,3,7,14-16H2,1-2H3,(H,24,29)(H,25,28)(H,26,27)/t21-/m1/s1. The van der Waals surface area contributed by atoms with Gasteiger partial charge in [0.05, 0.1) is 6.54 Å². The SMILES string of the molecule is CCOCCCNC(=O)[C@H](NC(=O)CNC(=O)c1ccccc1)c1ccc(C)cc1. The molecule has 0 saturated carbocycles. The zero-order chi connectivity index (χ0) is 21.8. The maximum atomic E-state index is 12.7. The fourth-order valence-corrected chi connectivity index (χ4v) is 2.76. The molecule has 0 aliphatic carbocycles. The van der Waals surface area contributed by atoms with Crippen LogP contribution in [0.3, 0.4) is 0 Å². The van der Waals surface area contributed by atoms with Crippen molar-refractivity contribution >= 4 is 17.7 Å². The molecule has 0 saturated heterocycles. The number of hydrogen-bond donors (Lipinski definition) is 3. The van der Waals surface area contributed by atoms with E-state index in [4.69, 9.17) is 4.74 Å². The lowest BCUT2D eigenvalue weighted by Crippen LogP contribution is -2.44. The van der Waals surface area contributed by atoms with E-state index in [1.165, 1.54) is 0 Å². The Kier molecular flexibility index (Phi) is 9.54. The second-order valence-electron chi connectivity index (χ2n) is 6.80. The molecule has 0 bridgehead atoms. The molecule has 160 valence electrons. The summed E-state index contributed by atoms with van der Waals surface area (Å²) in [6, 6.07) is 15.2. The van der Waals surface area contributed by atoms with Gasteiger partial charge in [0.25, 0.3) is 5.91 Å². The van der Waals surface area contributed by atoms with Gasteiger partial charge in [0.2, 0.25) is 11.8 Å². The van der Waals surface area contributed by atoms with Crippen molar-refractivity contribution in [2.45, 2.75) is 26.3 Å². The number of ether oxygens (including phenoxy) is 1. The van der Waals surface area contributed by atoms with Gasteiger partial charge in [-0.3, -0.25) is 14.4 Å². The lowest BCUT2D eigenvalue weighted by molar-refractivity contribution is -0.128. The normalized spacial score (nSPS) is 11.4. The van der Waals surface area contributed by atoms with E-state index in [0.717, 1.165) is 5.56 Å². The van der Waals surface area contributed by atoms with E-state index in [2.05, 4.69) is 16.0 Å². The summed E-state index contributed by atoms with van der Waals surface area (Å²) in [5.41, 5.74) is 2.19. The largest absolute Gasteiger partial charge is 0.382 e. The zero-order valence-electron chi connectivity index (χ0n) is 17.4. The van der Waals surface area contributed by atoms with Crippen LogP contribution in [0.2, 0.25) is 0 Å². The van der Waals surface area contributed by atoms with Crippen molar-refractivity contribution in [2.75, 3.05) is 26.3 Å². The first-order valence-corrected chi connectivity index (χ1v) is 10.1. The van der Waals surface area contributed by atoms with Crippen LogP contribution >= 0.6 is 0 Å². The average Bonchev–Trinajstić information content (AvgIpc) is 2.77. The second kappa shape index (κ2) is 12.4. The summed E-state index contributed by atoms with van der Waals surface area (Å²) >= 11 is 0. The molecule has 0 aliphatic rings. The van der Waals surface area contributed by atoms with Crippen LogP contribution in [0.25, 0.3) is 0 Å². The molecule has 30 heavy (non-hydrogen) atoms. The average molecular weight is 412 g/mol. The molecule has 2 aromatic rings. The molecule has 7 heteroatoms. The molecule has 7 nitrogen and oxygen atoms in total. The number of carbonyl (C=O) groups excluding carboxylic acids is 3. The Labute approximate surface area is 177 Å². The summed E-state index contributed by atoms with van der Waals surface area (Å²) in [6.45, 7) is 5.27. The molecule has 0 fully saturated rings. The lowest BCUT2D eigenvalue weighted by atomic mass is 10.0. The van der Waals surface area contributed by atoms with Crippen LogP contribution in [-0.2, 0) is 14.3 Å². The van der Waals surface area contributed by atoms with Gasteiger partial charge in [-0.15, -0.1) is 0 Å². The van der Waals surface area contributed by atoms with Gasteiger partial charge >= 0.3 is 0 Å². The fraction of sp³-hybridized carbons (Fsp3) is 0.348. The third-order valence-corrected chi connectivity index (χ3v) is 4.39. The van der Waals surface area contributed by atoms with Crippen molar-refractivity contribution in [3.05, 3.63) is 71.3 Å². The Morgan fingerprint density at radius 3 is 2.33 bits per heavy atom. The quantitative estimate of drug-likeness (QED) is 0.494. The zero-order valence-corrected chi connectivity index (χ0v) is 17.4. The molecule has 0 radical (unpaired) electrons. The fourth-order valence-electron chi connectivity index (χ4n) is 2.76. The van der Waals surface area contributed by atoms with E-state index < -0.39 is 11.9 Å². The van der Waals surface area contributed by atoms with Gasteiger partial charge in [-0.05, 0) is 38.0 Å². The predicted octanol–water partition coefficient (Wildman–Crippen LogP) is 2.13. The first-order chi connectivity index (χ1) is 14.5. The van der Waals surface area contributed by atoms with Crippen molar-refractivity contribution < 1.29 is 19.1 Å². The van der Waals surface area contributed by atoms with Crippen LogP contribution in [0.15, 0.2) is 54.6 Å². The number of benzene rings is 2. The third-order valence-electron chi connectivity index (χ3n) is 4.39. The number of rotatable bonds is 11. The highest BCUT2D eigenvalue weighted by atomic mass is 16.5. The topological polar surface area (TPSA) is 96.5 Å². The minimum Gasteiger partial charge on any atom is -0.382 e. The van der Waals surface area contributed by atoms with Crippen molar-refractivity contribution in [1.29, 1.82) is 0 Å². The van der Waals surface area contributed by atoms with Crippen LogP contribution in [0.4, 0.5) is 0 Å². The van der Waals surface area contributed by atoms with E-state index >= 15 is 0 Å². The Hall–Kier alpha value is -3.19. The van der Waals surface area contributed by atoms with E-state index in [1.807, 2.05) is 44.2 Å². The van der Waals surface area contributed by atoms with Crippen LogP contribution in [0.5, 0.6) is 0 Å². The lowest BCUT2D eigenvalue weighted by Gasteiger charge is -2.19. The van der Waals surface area contributed by atoms with Gasteiger partial charge in [0.15, 0.2) is 0 Å². The number of nitrogens with one attached hydrogen (secondary N) is 3. The molecule has 2 aromatic carbocycles. The highest BCUT2D eigenvalue weighted by Gasteiger charge is 2.22. The van der Waals surface area contributed by atoms with Crippen LogP contribution in [-0.4, -0.2) is 44.0 Å². The molecule has 3 N–H and O–H groups in total. The monoisotopic (exact) mass is 411 g/mol. The van der Waals surface area contributed by atoms with Gasteiger partial charge in [-0.2, -0.15) is 0 Å². The molecule has 0 heterocycles. The number of carbonyl (C=O) groups is 3. The summed E-state index contributed by atoms with van der Waals surface area (Å²) in [4.78, 5) is 37.2. The van der Waals surface area contributed by atoms with Crippen LogP contribution in [0, 0.1) is 6.92 Å².